The monoisotopic (exact) mass is 370 g/mol. The van der Waals surface area contributed by atoms with Crippen molar-refractivity contribution in [2.75, 3.05) is 5.32 Å². The summed E-state index contributed by atoms with van der Waals surface area (Å²) >= 11 is 0. The Morgan fingerprint density at radius 1 is 0.741 bits per heavy atom. The van der Waals surface area contributed by atoms with Gasteiger partial charge in [0.1, 0.15) is 0 Å². The zero-order chi connectivity index (χ0) is 19.3. The van der Waals surface area contributed by atoms with Gasteiger partial charge in [0.2, 0.25) is 0 Å². The lowest BCUT2D eigenvalue weighted by Crippen LogP contribution is -2.33. The van der Waals surface area contributed by atoms with Crippen molar-refractivity contribution in [2.24, 2.45) is 0 Å². The van der Waals surface area contributed by atoms with Gasteiger partial charge in [-0.25, -0.2) is 4.79 Å². The molecule has 2 N–H and O–H groups in total. The Morgan fingerprint density at radius 2 is 1.22 bits per heavy atom. The minimum absolute atomic E-state index is 0.278. The molecule has 6 heteroatoms. The lowest BCUT2D eigenvalue weighted by atomic mass is 9.99. The van der Waals surface area contributed by atoms with Gasteiger partial charge in [0, 0.05) is 5.69 Å². The van der Waals surface area contributed by atoms with E-state index in [1.54, 1.807) is 0 Å². The molecule has 0 fully saturated rings. The second kappa shape index (κ2) is 7.95. The van der Waals surface area contributed by atoms with Crippen molar-refractivity contribution < 1.29 is 18.0 Å². The summed E-state index contributed by atoms with van der Waals surface area (Å²) < 4.78 is 37.9. The molecule has 3 aromatic carbocycles. The summed E-state index contributed by atoms with van der Waals surface area (Å²) in [7, 11) is 0. The van der Waals surface area contributed by atoms with Gasteiger partial charge in [-0.1, -0.05) is 60.7 Å². The van der Waals surface area contributed by atoms with Gasteiger partial charge in [0.05, 0.1) is 11.6 Å². The average Bonchev–Trinajstić information content (AvgIpc) is 2.67. The molecule has 3 aromatic rings. The number of halogens is 3. The number of anilines is 1. The number of rotatable bonds is 4. The largest absolute Gasteiger partial charge is 0.416 e. The first-order chi connectivity index (χ1) is 12.9. The van der Waals surface area contributed by atoms with Crippen LogP contribution in [-0.4, -0.2) is 6.03 Å². The highest BCUT2D eigenvalue weighted by Crippen LogP contribution is 2.30. The number of carbonyl (C=O) groups excluding carboxylic acids is 1. The maximum Gasteiger partial charge on any atom is 0.416 e. The Labute approximate surface area is 154 Å². The zero-order valence-electron chi connectivity index (χ0n) is 14.2. The molecule has 2 amide bonds. The Bertz CT molecular complexity index is 839. The van der Waals surface area contributed by atoms with E-state index < -0.39 is 17.8 Å². The lowest BCUT2D eigenvalue weighted by molar-refractivity contribution is -0.137. The average molecular weight is 370 g/mol. The molecule has 0 spiro atoms. The van der Waals surface area contributed by atoms with Crippen LogP contribution < -0.4 is 10.6 Å². The molecule has 0 aliphatic heterocycles. The summed E-state index contributed by atoms with van der Waals surface area (Å²) in [6, 6.07) is 22.3. The number of nitrogens with one attached hydrogen (secondary N) is 2. The van der Waals surface area contributed by atoms with E-state index in [1.807, 2.05) is 60.7 Å². The van der Waals surface area contributed by atoms with Crippen LogP contribution in [0.3, 0.4) is 0 Å². The Morgan fingerprint density at radius 3 is 1.67 bits per heavy atom. The molecular formula is C21H17F3N2O. The molecule has 3 rings (SSSR count). The second-order valence-electron chi connectivity index (χ2n) is 5.93. The highest BCUT2D eigenvalue weighted by atomic mass is 19.4. The molecule has 0 aromatic heterocycles. The molecule has 0 saturated carbocycles. The van der Waals surface area contributed by atoms with Crippen LogP contribution in [0.15, 0.2) is 84.9 Å². The van der Waals surface area contributed by atoms with E-state index in [1.165, 1.54) is 12.1 Å². The van der Waals surface area contributed by atoms with Gasteiger partial charge in [0.25, 0.3) is 0 Å². The molecular weight excluding hydrogens is 353 g/mol. The van der Waals surface area contributed by atoms with Gasteiger partial charge in [-0.3, -0.25) is 0 Å². The summed E-state index contributed by atoms with van der Waals surface area (Å²) in [6.45, 7) is 0. The third-order valence-corrected chi connectivity index (χ3v) is 4.01. The van der Waals surface area contributed by atoms with E-state index >= 15 is 0 Å². The fourth-order valence-electron chi connectivity index (χ4n) is 2.69. The van der Waals surface area contributed by atoms with Crippen molar-refractivity contribution in [2.45, 2.75) is 12.2 Å². The predicted octanol–water partition coefficient (Wildman–Crippen LogP) is 5.62. The number of amides is 2. The third kappa shape index (κ3) is 4.88. The van der Waals surface area contributed by atoms with Gasteiger partial charge in [0.15, 0.2) is 0 Å². The molecule has 0 atom stereocenters. The van der Waals surface area contributed by atoms with Crippen LogP contribution in [0.5, 0.6) is 0 Å². The summed E-state index contributed by atoms with van der Waals surface area (Å²) in [5, 5.41) is 5.44. The highest BCUT2D eigenvalue weighted by molar-refractivity contribution is 5.89. The summed E-state index contributed by atoms with van der Waals surface area (Å²) in [6.07, 6.45) is -4.41. The summed E-state index contributed by atoms with van der Waals surface area (Å²) in [5.41, 5.74) is 1.30. The van der Waals surface area contributed by atoms with E-state index in [-0.39, 0.29) is 11.7 Å². The maximum absolute atomic E-state index is 12.6. The van der Waals surface area contributed by atoms with E-state index in [4.69, 9.17) is 0 Å². The van der Waals surface area contributed by atoms with Crippen molar-refractivity contribution in [1.29, 1.82) is 0 Å². The van der Waals surface area contributed by atoms with Gasteiger partial charge >= 0.3 is 12.2 Å². The lowest BCUT2D eigenvalue weighted by Gasteiger charge is -2.20. The van der Waals surface area contributed by atoms with Gasteiger partial charge in [-0.2, -0.15) is 13.2 Å². The molecule has 0 bridgehead atoms. The van der Waals surface area contributed by atoms with Crippen LogP contribution in [0.2, 0.25) is 0 Å². The number of hydrogen-bond donors (Lipinski definition) is 2. The zero-order valence-corrected chi connectivity index (χ0v) is 14.2. The number of benzene rings is 3. The summed E-state index contributed by atoms with van der Waals surface area (Å²) in [5.74, 6) is 0. The van der Waals surface area contributed by atoms with Crippen molar-refractivity contribution in [3.05, 3.63) is 102 Å². The maximum atomic E-state index is 12.6. The fourth-order valence-corrected chi connectivity index (χ4v) is 2.69. The van der Waals surface area contributed by atoms with Crippen molar-refractivity contribution in [3.63, 3.8) is 0 Å². The topological polar surface area (TPSA) is 41.1 Å². The predicted molar refractivity (Wildman–Crippen MR) is 98.3 cm³/mol. The van der Waals surface area contributed by atoms with Crippen LogP contribution in [0.4, 0.5) is 23.7 Å². The number of hydrogen-bond acceptors (Lipinski definition) is 1. The van der Waals surface area contributed by atoms with Crippen LogP contribution in [0.25, 0.3) is 0 Å². The first-order valence-electron chi connectivity index (χ1n) is 8.28. The van der Waals surface area contributed by atoms with Gasteiger partial charge < -0.3 is 10.6 Å². The Kier molecular flexibility index (Phi) is 5.45. The van der Waals surface area contributed by atoms with Crippen molar-refractivity contribution >= 4 is 11.7 Å². The number of urea groups is 1. The van der Waals surface area contributed by atoms with E-state index in [0.29, 0.717) is 0 Å². The van der Waals surface area contributed by atoms with Crippen LogP contribution in [0.1, 0.15) is 22.7 Å². The van der Waals surface area contributed by atoms with Crippen LogP contribution >= 0.6 is 0 Å². The molecule has 0 aliphatic carbocycles. The molecule has 0 radical (unpaired) electrons. The minimum atomic E-state index is -4.41. The normalized spacial score (nSPS) is 11.3. The van der Waals surface area contributed by atoms with Crippen LogP contribution in [-0.2, 0) is 6.18 Å². The number of carbonyl (C=O) groups is 1. The smallest absolute Gasteiger partial charge is 0.327 e. The standard InChI is InChI=1S/C21H17F3N2O/c22-21(23,24)17-11-13-18(14-12-17)25-20(27)26-19(15-7-3-1-4-8-15)16-9-5-2-6-10-16/h1-14,19H,(H2,25,26,27). The first-order valence-corrected chi connectivity index (χ1v) is 8.28. The van der Waals surface area contributed by atoms with E-state index in [2.05, 4.69) is 10.6 Å². The molecule has 27 heavy (non-hydrogen) atoms. The van der Waals surface area contributed by atoms with Crippen LogP contribution in [0, 0.1) is 0 Å². The van der Waals surface area contributed by atoms with E-state index in [9.17, 15) is 18.0 Å². The first kappa shape index (κ1) is 18.5. The minimum Gasteiger partial charge on any atom is -0.327 e. The molecule has 138 valence electrons. The second-order valence-corrected chi connectivity index (χ2v) is 5.93. The van der Waals surface area contributed by atoms with Crippen molar-refractivity contribution in [3.8, 4) is 0 Å². The Hall–Kier alpha value is -3.28. The summed E-state index contributed by atoms with van der Waals surface area (Å²) in [4.78, 5) is 12.4. The quantitative estimate of drug-likeness (QED) is 0.615. The fraction of sp³-hybridized carbons (Fsp3) is 0.0952. The molecule has 0 saturated heterocycles. The third-order valence-electron chi connectivity index (χ3n) is 4.01. The Balaban J connectivity index is 1.75. The number of alkyl halides is 3. The molecule has 0 heterocycles. The molecule has 0 aliphatic rings. The molecule has 3 nitrogen and oxygen atoms in total. The van der Waals surface area contributed by atoms with Gasteiger partial charge in [-0.15, -0.1) is 0 Å². The van der Waals surface area contributed by atoms with Crippen molar-refractivity contribution in [1.82, 2.24) is 5.32 Å². The van der Waals surface area contributed by atoms with Gasteiger partial charge in [-0.05, 0) is 35.4 Å². The highest BCUT2D eigenvalue weighted by Gasteiger charge is 2.30. The van der Waals surface area contributed by atoms with E-state index in [0.717, 1.165) is 23.3 Å². The molecule has 0 unspecified atom stereocenters. The SMILES string of the molecule is O=C(Nc1ccc(C(F)(F)F)cc1)NC(c1ccccc1)c1ccccc1.